The van der Waals surface area contributed by atoms with Gasteiger partial charge in [0.15, 0.2) is 5.16 Å². The van der Waals surface area contributed by atoms with Gasteiger partial charge in [0.05, 0.1) is 6.54 Å². The molecule has 1 aromatic heterocycles. The van der Waals surface area contributed by atoms with Gasteiger partial charge in [-0.2, -0.15) is 0 Å². The first kappa shape index (κ1) is 15.8. The van der Waals surface area contributed by atoms with Crippen LogP contribution in [0.4, 0.5) is 5.82 Å². The average Bonchev–Trinajstić information content (AvgIpc) is 2.57. The summed E-state index contributed by atoms with van der Waals surface area (Å²) >= 11 is 1.51. The van der Waals surface area contributed by atoms with Crippen molar-refractivity contribution in [3.05, 3.63) is 47.7 Å². The Balaban J connectivity index is 1.66. The molecule has 6 heteroatoms. The van der Waals surface area contributed by atoms with Crippen molar-refractivity contribution in [2.45, 2.75) is 18.6 Å². The Bertz CT molecular complexity index is 706. The van der Waals surface area contributed by atoms with Gasteiger partial charge < -0.3 is 9.80 Å². The number of benzene rings is 1. The monoisotopic (exact) mass is 328 g/mol. The van der Waals surface area contributed by atoms with Gasteiger partial charge in [-0.1, -0.05) is 41.6 Å². The molecule has 120 valence electrons. The molecule has 5 nitrogen and oxygen atoms in total. The molecule has 0 radical (unpaired) electrons. The van der Waals surface area contributed by atoms with Crippen LogP contribution in [0, 0.1) is 6.92 Å². The first-order valence-corrected chi connectivity index (χ1v) is 8.83. The number of carbonyl (C=O) groups excluding carboxylic acids is 1. The fourth-order valence-electron chi connectivity index (χ4n) is 2.71. The minimum Gasteiger partial charge on any atom is -0.345 e. The zero-order valence-corrected chi connectivity index (χ0v) is 14.2. The molecule has 0 atom stereocenters. The summed E-state index contributed by atoms with van der Waals surface area (Å²) in [7, 11) is 0. The molecule has 23 heavy (non-hydrogen) atoms. The van der Waals surface area contributed by atoms with Crippen molar-refractivity contribution in [1.82, 2.24) is 14.9 Å². The van der Waals surface area contributed by atoms with Crippen LogP contribution in [0.5, 0.6) is 0 Å². The highest BCUT2D eigenvalue weighted by molar-refractivity contribution is 7.98. The molecule has 0 unspecified atom stereocenters. The number of nitrogens with zero attached hydrogens (tertiary/aromatic N) is 4. The number of amides is 1. The van der Waals surface area contributed by atoms with Gasteiger partial charge in [0.2, 0.25) is 5.91 Å². The van der Waals surface area contributed by atoms with E-state index in [1.54, 1.807) is 6.20 Å². The summed E-state index contributed by atoms with van der Waals surface area (Å²) in [4.78, 5) is 25.1. The summed E-state index contributed by atoms with van der Waals surface area (Å²) in [6.07, 6.45) is 3.70. The second kappa shape index (κ2) is 7.00. The van der Waals surface area contributed by atoms with Gasteiger partial charge >= 0.3 is 0 Å². The summed E-state index contributed by atoms with van der Waals surface area (Å²) in [5.41, 5.74) is 2.40. The molecule has 0 saturated carbocycles. The SMILES string of the molecule is CSc1nccc(N2CCN(Cc3cccc(C)c3)C(=O)C2)n1. The predicted octanol–water partition coefficient (Wildman–Crippen LogP) is 2.36. The van der Waals surface area contributed by atoms with Gasteiger partial charge in [0, 0.05) is 25.8 Å². The van der Waals surface area contributed by atoms with Gasteiger partial charge in [0.1, 0.15) is 5.82 Å². The molecule has 3 rings (SSSR count). The van der Waals surface area contributed by atoms with Crippen LogP contribution in [0.25, 0.3) is 0 Å². The van der Waals surface area contributed by atoms with E-state index in [-0.39, 0.29) is 5.91 Å². The number of piperazine rings is 1. The molecule has 2 heterocycles. The van der Waals surface area contributed by atoms with Crippen LogP contribution in [0.15, 0.2) is 41.7 Å². The van der Waals surface area contributed by atoms with E-state index in [2.05, 4.69) is 35.1 Å². The zero-order valence-electron chi connectivity index (χ0n) is 13.4. The van der Waals surface area contributed by atoms with Crippen molar-refractivity contribution < 1.29 is 4.79 Å². The van der Waals surface area contributed by atoms with Gasteiger partial charge in [-0.05, 0) is 24.8 Å². The maximum Gasteiger partial charge on any atom is 0.242 e. The van der Waals surface area contributed by atoms with Crippen molar-refractivity contribution in [2.75, 3.05) is 30.8 Å². The van der Waals surface area contributed by atoms with Crippen molar-refractivity contribution in [3.8, 4) is 0 Å². The van der Waals surface area contributed by atoms with Crippen LogP contribution < -0.4 is 4.90 Å². The molecule has 1 amide bonds. The number of carbonyl (C=O) groups is 1. The quantitative estimate of drug-likeness (QED) is 0.637. The standard InChI is InChI=1S/C17H20N4OS/c1-13-4-3-5-14(10-13)11-21-9-8-20(12-16(21)22)15-6-7-18-17(19-15)23-2/h3-7,10H,8-9,11-12H2,1-2H3. The van der Waals surface area contributed by atoms with Crippen LogP contribution in [-0.2, 0) is 11.3 Å². The molecule has 1 saturated heterocycles. The summed E-state index contributed by atoms with van der Waals surface area (Å²) in [5.74, 6) is 0.968. The Labute approximate surface area is 140 Å². The topological polar surface area (TPSA) is 49.3 Å². The van der Waals surface area contributed by atoms with Gasteiger partial charge in [-0.15, -0.1) is 0 Å². The number of aromatic nitrogens is 2. The molecule has 2 aromatic rings. The number of hydrogen-bond acceptors (Lipinski definition) is 5. The van der Waals surface area contributed by atoms with Crippen LogP contribution in [0.2, 0.25) is 0 Å². The van der Waals surface area contributed by atoms with E-state index in [9.17, 15) is 4.79 Å². The molecule has 0 bridgehead atoms. The summed E-state index contributed by atoms with van der Waals surface area (Å²) in [5, 5.41) is 0.733. The minimum atomic E-state index is 0.141. The highest BCUT2D eigenvalue weighted by atomic mass is 32.2. The zero-order chi connectivity index (χ0) is 16.2. The lowest BCUT2D eigenvalue weighted by molar-refractivity contribution is -0.131. The first-order chi connectivity index (χ1) is 11.2. The second-order valence-corrected chi connectivity index (χ2v) is 6.40. The third-order valence-electron chi connectivity index (χ3n) is 3.90. The molecule has 0 aliphatic carbocycles. The Kier molecular flexibility index (Phi) is 4.81. The number of aryl methyl sites for hydroxylation is 1. The molecule has 0 spiro atoms. The second-order valence-electron chi connectivity index (χ2n) is 5.63. The Morgan fingerprint density at radius 3 is 2.87 bits per heavy atom. The molecule has 1 fully saturated rings. The van der Waals surface area contributed by atoms with Crippen molar-refractivity contribution in [3.63, 3.8) is 0 Å². The normalized spacial score (nSPS) is 15.1. The van der Waals surface area contributed by atoms with Crippen LogP contribution in [0.3, 0.4) is 0 Å². The summed E-state index contributed by atoms with van der Waals surface area (Å²) in [6, 6.07) is 10.2. The molecule has 1 aliphatic heterocycles. The predicted molar refractivity (Wildman–Crippen MR) is 92.6 cm³/mol. The van der Waals surface area contributed by atoms with E-state index in [1.165, 1.54) is 22.9 Å². The van der Waals surface area contributed by atoms with E-state index in [4.69, 9.17) is 0 Å². The molecule has 1 aliphatic rings. The lowest BCUT2D eigenvalue weighted by Gasteiger charge is -2.35. The molecular weight excluding hydrogens is 308 g/mol. The van der Waals surface area contributed by atoms with E-state index in [0.29, 0.717) is 19.6 Å². The smallest absolute Gasteiger partial charge is 0.242 e. The maximum absolute atomic E-state index is 12.5. The number of thioether (sulfide) groups is 1. The van der Waals surface area contributed by atoms with E-state index >= 15 is 0 Å². The van der Waals surface area contributed by atoms with E-state index in [0.717, 1.165) is 17.5 Å². The van der Waals surface area contributed by atoms with E-state index < -0.39 is 0 Å². The van der Waals surface area contributed by atoms with Crippen molar-refractivity contribution in [2.24, 2.45) is 0 Å². The number of anilines is 1. The highest BCUT2D eigenvalue weighted by Gasteiger charge is 2.25. The first-order valence-electron chi connectivity index (χ1n) is 7.61. The van der Waals surface area contributed by atoms with Gasteiger partial charge in [-0.25, -0.2) is 9.97 Å². The lowest BCUT2D eigenvalue weighted by atomic mass is 10.1. The van der Waals surface area contributed by atoms with Crippen LogP contribution in [0.1, 0.15) is 11.1 Å². The van der Waals surface area contributed by atoms with E-state index in [1.807, 2.05) is 28.2 Å². The third-order valence-corrected chi connectivity index (χ3v) is 4.46. The number of hydrogen-bond donors (Lipinski definition) is 0. The fourth-order valence-corrected chi connectivity index (χ4v) is 3.06. The minimum absolute atomic E-state index is 0.141. The fraction of sp³-hybridized carbons (Fsp3) is 0.353. The average molecular weight is 328 g/mol. The van der Waals surface area contributed by atoms with Crippen molar-refractivity contribution in [1.29, 1.82) is 0 Å². The Morgan fingerprint density at radius 2 is 2.13 bits per heavy atom. The Morgan fingerprint density at radius 1 is 1.26 bits per heavy atom. The summed E-state index contributed by atoms with van der Waals surface area (Å²) in [6.45, 7) is 4.63. The van der Waals surface area contributed by atoms with Crippen LogP contribution in [-0.4, -0.2) is 46.7 Å². The van der Waals surface area contributed by atoms with Gasteiger partial charge in [0.25, 0.3) is 0 Å². The van der Waals surface area contributed by atoms with Crippen molar-refractivity contribution >= 4 is 23.5 Å². The molecule has 0 N–H and O–H groups in total. The third kappa shape index (κ3) is 3.82. The highest BCUT2D eigenvalue weighted by Crippen LogP contribution is 2.18. The largest absolute Gasteiger partial charge is 0.345 e. The van der Waals surface area contributed by atoms with Gasteiger partial charge in [-0.3, -0.25) is 4.79 Å². The molecule has 1 aromatic carbocycles. The lowest BCUT2D eigenvalue weighted by Crippen LogP contribution is -2.50. The summed E-state index contributed by atoms with van der Waals surface area (Å²) < 4.78 is 0. The van der Waals surface area contributed by atoms with Crippen LogP contribution >= 0.6 is 11.8 Å². The Hall–Kier alpha value is -2.08. The maximum atomic E-state index is 12.5. The number of rotatable bonds is 4. The molecular formula is C17H20N4OS.